The molecule has 1 aromatic rings. The lowest BCUT2D eigenvalue weighted by Crippen LogP contribution is -2.26. The van der Waals surface area contributed by atoms with Crippen LogP contribution >= 0.6 is 0 Å². The van der Waals surface area contributed by atoms with Crippen LogP contribution < -0.4 is 10.9 Å². The van der Waals surface area contributed by atoms with Gasteiger partial charge in [0.15, 0.2) is 0 Å². The van der Waals surface area contributed by atoms with Crippen molar-refractivity contribution in [1.29, 1.82) is 0 Å². The van der Waals surface area contributed by atoms with Crippen molar-refractivity contribution in [3.05, 3.63) is 28.2 Å². The molecule has 0 unspecified atom stereocenters. The average molecular weight is 237 g/mol. The maximum Gasteiger partial charge on any atom is 0.271 e. The Morgan fingerprint density at radius 1 is 1.41 bits per heavy atom. The van der Waals surface area contributed by atoms with Gasteiger partial charge in [-0.05, 0) is 18.4 Å². The molecule has 0 atom stereocenters. The molecule has 0 radical (unpaired) electrons. The Morgan fingerprint density at radius 3 is 2.76 bits per heavy atom. The van der Waals surface area contributed by atoms with Crippen LogP contribution in [0.25, 0.3) is 0 Å². The highest BCUT2D eigenvalue weighted by atomic mass is 16.2. The number of aromatic nitrogens is 2. The maximum atomic E-state index is 11.6. The molecule has 94 valence electrons. The standard InChI is InChI=1S/C12H19N3O2/c1-9(2)5-3-4-8-13-12(17)10-6-7-11(16)15-14-10/h6-7,9H,3-5,8H2,1-2H3,(H,13,17)(H,15,16). The molecular formula is C12H19N3O2. The van der Waals surface area contributed by atoms with Crippen molar-refractivity contribution in [1.82, 2.24) is 15.5 Å². The summed E-state index contributed by atoms with van der Waals surface area (Å²) in [6.45, 7) is 5.01. The second-order valence-electron chi connectivity index (χ2n) is 4.45. The van der Waals surface area contributed by atoms with E-state index in [-0.39, 0.29) is 17.2 Å². The highest BCUT2D eigenvalue weighted by Gasteiger charge is 2.05. The highest BCUT2D eigenvalue weighted by Crippen LogP contribution is 2.05. The van der Waals surface area contributed by atoms with Crippen molar-refractivity contribution in [2.45, 2.75) is 33.1 Å². The summed E-state index contributed by atoms with van der Waals surface area (Å²) in [7, 11) is 0. The van der Waals surface area contributed by atoms with E-state index < -0.39 is 0 Å². The summed E-state index contributed by atoms with van der Waals surface area (Å²) in [5, 5.41) is 8.66. The predicted octanol–water partition coefficient (Wildman–Crippen LogP) is 1.33. The smallest absolute Gasteiger partial charge is 0.271 e. The Bertz CT molecular complexity index is 392. The molecule has 2 N–H and O–H groups in total. The van der Waals surface area contributed by atoms with Gasteiger partial charge in [0.25, 0.3) is 11.5 Å². The van der Waals surface area contributed by atoms with E-state index in [2.05, 4.69) is 29.4 Å². The third-order valence-corrected chi connectivity index (χ3v) is 2.41. The summed E-state index contributed by atoms with van der Waals surface area (Å²) in [5.41, 5.74) is -0.0630. The zero-order valence-corrected chi connectivity index (χ0v) is 10.3. The number of unbranched alkanes of at least 4 members (excludes halogenated alkanes) is 1. The molecule has 17 heavy (non-hydrogen) atoms. The molecule has 0 aliphatic carbocycles. The Balaban J connectivity index is 2.26. The first-order valence-electron chi connectivity index (χ1n) is 5.93. The summed E-state index contributed by atoms with van der Waals surface area (Å²) >= 11 is 0. The molecule has 0 saturated carbocycles. The molecule has 0 spiro atoms. The van der Waals surface area contributed by atoms with Gasteiger partial charge >= 0.3 is 0 Å². The number of aromatic amines is 1. The van der Waals surface area contributed by atoms with Crippen LogP contribution in [0, 0.1) is 5.92 Å². The summed E-state index contributed by atoms with van der Waals surface area (Å²) in [6.07, 6.45) is 3.25. The fraction of sp³-hybridized carbons (Fsp3) is 0.583. The van der Waals surface area contributed by atoms with E-state index in [1.165, 1.54) is 18.6 Å². The lowest BCUT2D eigenvalue weighted by atomic mass is 10.1. The zero-order chi connectivity index (χ0) is 12.7. The molecule has 1 rings (SSSR count). The molecule has 5 nitrogen and oxygen atoms in total. The zero-order valence-electron chi connectivity index (χ0n) is 10.3. The average Bonchev–Trinajstić information content (AvgIpc) is 2.29. The van der Waals surface area contributed by atoms with Crippen molar-refractivity contribution < 1.29 is 4.79 Å². The molecule has 0 aliphatic heterocycles. The predicted molar refractivity (Wildman–Crippen MR) is 65.9 cm³/mol. The van der Waals surface area contributed by atoms with E-state index in [0.29, 0.717) is 12.5 Å². The van der Waals surface area contributed by atoms with Gasteiger partial charge in [-0.25, -0.2) is 5.10 Å². The monoisotopic (exact) mass is 237 g/mol. The highest BCUT2D eigenvalue weighted by molar-refractivity contribution is 5.91. The quantitative estimate of drug-likeness (QED) is 0.733. The number of hydrogen-bond donors (Lipinski definition) is 2. The fourth-order valence-electron chi connectivity index (χ4n) is 1.44. The Hall–Kier alpha value is -1.65. The molecule has 1 heterocycles. The summed E-state index contributed by atoms with van der Waals surface area (Å²) in [4.78, 5) is 22.3. The van der Waals surface area contributed by atoms with Gasteiger partial charge in [-0.3, -0.25) is 9.59 Å². The second-order valence-corrected chi connectivity index (χ2v) is 4.45. The van der Waals surface area contributed by atoms with Gasteiger partial charge in [-0.1, -0.05) is 26.7 Å². The largest absolute Gasteiger partial charge is 0.351 e. The number of rotatable bonds is 6. The lowest BCUT2D eigenvalue weighted by Gasteiger charge is -2.05. The molecule has 5 heteroatoms. The van der Waals surface area contributed by atoms with Crippen LogP contribution in [0.1, 0.15) is 43.6 Å². The van der Waals surface area contributed by atoms with Gasteiger partial charge in [0.05, 0.1) is 0 Å². The van der Waals surface area contributed by atoms with Crippen molar-refractivity contribution in [3.63, 3.8) is 0 Å². The molecule has 1 amide bonds. The van der Waals surface area contributed by atoms with Gasteiger partial charge < -0.3 is 5.32 Å². The van der Waals surface area contributed by atoms with Crippen molar-refractivity contribution in [3.8, 4) is 0 Å². The number of amides is 1. The van der Waals surface area contributed by atoms with Gasteiger partial charge in [-0.15, -0.1) is 0 Å². The van der Waals surface area contributed by atoms with E-state index >= 15 is 0 Å². The van der Waals surface area contributed by atoms with Crippen molar-refractivity contribution >= 4 is 5.91 Å². The molecule has 0 bridgehead atoms. The van der Waals surface area contributed by atoms with Crippen LogP contribution in [-0.4, -0.2) is 22.6 Å². The topological polar surface area (TPSA) is 74.8 Å². The van der Waals surface area contributed by atoms with Crippen LogP contribution in [-0.2, 0) is 0 Å². The van der Waals surface area contributed by atoms with Crippen molar-refractivity contribution in [2.75, 3.05) is 6.54 Å². The number of carbonyl (C=O) groups is 1. The Morgan fingerprint density at radius 2 is 2.18 bits per heavy atom. The molecule has 0 saturated heterocycles. The van der Waals surface area contributed by atoms with Crippen LogP contribution in [0.2, 0.25) is 0 Å². The number of carbonyl (C=O) groups excluding carboxylic acids is 1. The van der Waals surface area contributed by atoms with Crippen LogP contribution in [0.5, 0.6) is 0 Å². The second kappa shape index (κ2) is 6.83. The van der Waals surface area contributed by atoms with Crippen LogP contribution in [0.4, 0.5) is 0 Å². The van der Waals surface area contributed by atoms with Crippen molar-refractivity contribution in [2.24, 2.45) is 5.92 Å². The van der Waals surface area contributed by atoms with Gasteiger partial charge in [-0.2, -0.15) is 5.10 Å². The SMILES string of the molecule is CC(C)CCCCNC(=O)c1ccc(=O)[nH]n1. The molecule has 0 aromatic carbocycles. The Kier molecular flexibility index (Phi) is 5.39. The Labute approximate surface area is 101 Å². The molecular weight excluding hydrogens is 218 g/mol. The van der Waals surface area contributed by atoms with Crippen LogP contribution in [0.3, 0.4) is 0 Å². The summed E-state index contributed by atoms with van der Waals surface area (Å²) in [6, 6.07) is 2.71. The first-order valence-corrected chi connectivity index (χ1v) is 5.93. The van der Waals surface area contributed by atoms with E-state index in [9.17, 15) is 9.59 Å². The molecule has 0 fully saturated rings. The van der Waals surface area contributed by atoms with Crippen LogP contribution in [0.15, 0.2) is 16.9 Å². The van der Waals surface area contributed by atoms with E-state index in [1.807, 2.05) is 0 Å². The first kappa shape index (κ1) is 13.4. The van der Waals surface area contributed by atoms with Gasteiger partial charge in [0.1, 0.15) is 5.69 Å². The third-order valence-electron chi connectivity index (χ3n) is 2.41. The van der Waals surface area contributed by atoms with E-state index in [4.69, 9.17) is 0 Å². The summed E-state index contributed by atoms with van der Waals surface area (Å²) < 4.78 is 0. The normalized spacial score (nSPS) is 10.5. The van der Waals surface area contributed by atoms with E-state index in [0.717, 1.165) is 12.8 Å². The van der Waals surface area contributed by atoms with Gasteiger partial charge in [0.2, 0.25) is 0 Å². The lowest BCUT2D eigenvalue weighted by molar-refractivity contribution is 0.0947. The van der Waals surface area contributed by atoms with E-state index in [1.54, 1.807) is 0 Å². The third kappa shape index (κ3) is 5.29. The number of H-pyrrole nitrogens is 1. The number of hydrogen-bond acceptors (Lipinski definition) is 3. The number of nitrogens with one attached hydrogen (secondary N) is 2. The van der Waals surface area contributed by atoms with Gasteiger partial charge in [0, 0.05) is 12.6 Å². The molecule has 1 aromatic heterocycles. The fourth-order valence-corrected chi connectivity index (χ4v) is 1.44. The first-order chi connectivity index (χ1) is 8.09. The molecule has 0 aliphatic rings. The minimum atomic E-state index is -0.307. The number of nitrogens with zero attached hydrogens (tertiary/aromatic N) is 1. The maximum absolute atomic E-state index is 11.6. The summed E-state index contributed by atoms with van der Waals surface area (Å²) in [5.74, 6) is 0.456. The minimum Gasteiger partial charge on any atom is -0.351 e. The minimum absolute atomic E-state index is 0.244.